The number of carbonyl (C=O) groups is 4. The van der Waals surface area contributed by atoms with Gasteiger partial charge in [0.25, 0.3) is 0 Å². The number of Topliss-reactive ketones (excluding diaryl/α,β-unsaturated/α-hetero) is 1. The van der Waals surface area contributed by atoms with Gasteiger partial charge in [0.15, 0.2) is 0 Å². The van der Waals surface area contributed by atoms with Gasteiger partial charge in [-0.1, -0.05) is 13.8 Å². The summed E-state index contributed by atoms with van der Waals surface area (Å²) in [5, 5.41) is 32.4. The van der Waals surface area contributed by atoms with Crippen molar-refractivity contribution in [3.05, 3.63) is 66.0 Å². The van der Waals surface area contributed by atoms with Crippen LogP contribution in [0.2, 0.25) is 0 Å². The lowest BCUT2D eigenvalue weighted by molar-refractivity contribution is -0.139. The Morgan fingerprint density at radius 3 is 2.09 bits per heavy atom. The maximum absolute atomic E-state index is 15.1. The van der Waals surface area contributed by atoms with Crippen molar-refractivity contribution in [3.63, 3.8) is 0 Å². The number of likely N-dealkylation sites (N-methyl/N-ethyl adjacent to an activating group) is 1. The van der Waals surface area contributed by atoms with E-state index in [2.05, 4.69) is 16.0 Å². The number of hydrogen-bond donors (Lipinski definition) is 5. The molecule has 3 amide bonds. The molecule has 356 valence electrons. The van der Waals surface area contributed by atoms with E-state index in [0.29, 0.717) is 73.7 Å². The predicted octanol–water partition coefficient (Wildman–Crippen LogP) is 4.63. The van der Waals surface area contributed by atoms with Gasteiger partial charge < -0.3 is 45.4 Å². The number of ketones is 1. The Morgan fingerprint density at radius 1 is 0.831 bits per heavy atom. The maximum Gasteiger partial charge on any atom is 0.245 e. The molecule has 0 unspecified atom stereocenters. The standard InChI is InChI=1S/C48H67F2N7O8/c1-7-29(2)46(61)53-41(16-18-65-6)48(63)55-27-38(59)23-36(55)24-52-42-28-57(44-21-34(50)12-15-40(42)44)56-25-32(39-14-11-33(49)20-43(39)56)10-13-35-22-37(58)26-54(35)47(62)31(9-8-17-64-5)19-45(60)30(3)51-4/h11-12,14-15,20-21,25,28-31,35-38,41,51-52,58-59H,7-10,13,16-19,22-24,26-27H2,1-6H3,(H,53,61)/t29-,30+,31-,35-,36+,37+,38+,41+/m1/s1. The second kappa shape index (κ2) is 22.5. The van der Waals surface area contributed by atoms with E-state index in [-0.39, 0.29) is 74.5 Å². The first-order valence-electron chi connectivity index (χ1n) is 23.0. The summed E-state index contributed by atoms with van der Waals surface area (Å²) in [7, 11) is 4.83. The van der Waals surface area contributed by atoms with E-state index in [4.69, 9.17) is 9.47 Å². The predicted molar refractivity (Wildman–Crippen MR) is 244 cm³/mol. The van der Waals surface area contributed by atoms with E-state index in [1.807, 2.05) is 13.1 Å². The molecule has 8 atom stereocenters. The highest BCUT2D eigenvalue weighted by molar-refractivity contribution is 5.94. The third-order valence-corrected chi connectivity index (χ3v) is 13.3. The number of aliphatic hydroxyl groups is 2. The lowest BCUT2D eigenvalue weighted by Gasteiger charge is -2.30. The minimum atomic E-state index is -0.834. The molecule has 2 fully saturated rings. The van der Waals surface area contributed by atoms with Crippen LogP contribution in [0, 0.1) is 23.5 Å². The number of benzene rings is 2. The highest BCUT2D eigenvalue weighted by atomic mass is 19.1. The van der Waals surface area contributed by atoms with Crippen LogP contribution in [0.4, 0.5) is 14.5 Å². The fourth-order valence-corrected chi connectivity index (χ4v) is 9.27. The van der Waals surface area contributed by atoms with Crippen molar-refractivity contribution in [1.82, 2.24) is 29.8 Å². The van der Waals surface area contributed by atoms with Gasteiger partial charge in [-0.15, -0.1) is 0 Å². The molecular formula is C48H67F2N7O8. The number of likely N-dealkylation sites (tertiary alicyclic amines) is 2. The number of amides is 3. The molecule has 5 N–H and O–H groups in total. The Hall–Kier alpha value is -4.94. The smallest absolute Gasteiger partial charge is 0.245 e. The van der Waals surface area contributed by atoms with E-state index in [1.165, 1.54) is 31.4 Å². The molecule has 65 heavy (non-hydrogen) atoms. The van der Waals surface area contributed by atoms with Gasteiger partial charge in [-0.05, 0) is 95.2 Å². The summed E-state index contributed by atoms with van der Waals surface area (Å²) in [6, 6.07) is 6.94. The Bertz CT molecular complexity index is 2280. The summed E-state index contributed by atoms with van der Waals surface area (Å²) in [5.41, 5.74) is 2.49. The number of aryl methyl sites for hydroxylation is 1. The Labute approximate surface area is 379 Å². The van der Waals surface area contributed by atoms with Gasteiger partial charge in [0, 0.05) is 100 Å². The Balaban J connectivity index is 1.25. The van der Waals surface area contributed by atoms with Crippen LogP contribution in [-0.4, -0.2) is 143 Å². The summed E-state index contributed by atoms with van der Waals surface area (Å²) < 4.78 is 44.2. The van der Waals surface area contributed by atoms with Crippen LogP contribution in [0.1, 0.15) is 77.7 Å². The van der Waals surface area contributed by atoms with Crippen LogP contribution >= 0.6 is 0 Å². The summed E-state index contributed by atoms with van der Waals surface area (Å²) in [6.07, 6.45) is 5.86. The first-order valence-corrected chi connectivity index (χ1v) is 23.0. The molecule has 0 saturated carbocycles. The number of β-amino-alcohol motifs (C(OH)–C–C–N with tert-alkyl or cyclic N) is 2. The zero-order valence-electron chi connectivity index (χ0n) is 38.5. The Kier molecular flexibility index (Phi) is 17.1. The van der Waals surface area contributed by atoms with Crippen LogP contribution < -0.4 is 16.0 Å². The minimum absolute atomic E-state index is 0.0594. The molecule has 2 saturated heterocycles. The topological polar surface area (TPSA) is 180 Å². The number of aromatic nitrogens is 2. The monoisotopic (exact) mass is 908 g/mol. The number of rotatable bonds is 23. The average molecular weight is 908 g/mol. The lowest BCUT2D eigenvalue weighted by Crippen LogP contribution is -2.52. The third kappa shape index (κ3) is 11.7. The van der Waals surface area contributed by atoms with E-state index in [0.717, 1.165) is 10.9 Å². The van der Waals surface area contributed by atoms with Crippen molar-refractivity contribution >= 4 is 51.0 Å². The first kappa shape index (κ1) is 49.5. The second-order valence-corrected chi connectivity index (χ2v) is 17.9. The SMILES string of the molecule is CC[C@@H](C)C(=O)N[C@@H](CCOC)C(=O)N1C[C@@H](O)C[C@H]1CNc1cn(-n2cc(CC[C@@H]3C[C@H](O)CN3C(=O)[C@H](CCCOC)CC(=O)[C@H](C)NC)c3ccc(F)cc32)c2cc(F)ccc12. The van der Waals surface area contributed by atoms with Crippen molar-refractivity contribution in [2.45, 2.75) is 115 Å². The molecule has 6 rings (SSSR count). The molecule has 2 aromatic carbocycles. The largest absolute Gasteiger partial charge is 0.391 e. The fourth-order valence-electron chi connectivity index (χ4n) is 9.27. The van der Waals surface area contributed by atoms with E-state index >= 15 is 8.78 Å². The summed E-state index contributed by atoms with van der Waals surface area (Å²) >= 11 is 0. The quantitative estimate of drug-likeness (QED) is 0.0660. The number of nitrogens with zero attached hydrogens (tertiary/aromatic N) is 4. The number of nitrogens with one attached hydrogen (secondary N) is 3. The molecular weight excluding hydrogens is 841 g/mol. The number of ether oxygens (including phenoxy) is 2. The van der Waals surface area contributed by atoms with Crippen molar-refractivity contribution in [3.8, 4) is 0 Å². The van der Waals surface area contributed by atoms with Crippen LogP contribution in [0.3, 0.4) is 0 Å². The highest BCUT2D eigenvalue weighted by Crippen LogP contribution is 2.33. The van der Waals surface area contributed by atoms with Crippen molar-refractivity contribution < 1.29 is 47.6 Å². The lowest BCUT2D eigenvalue weighted by atomic mass is 9.92. The molecule has 0 aliphatic carbocycles. The molecule has 2 aliphatic heterocycles. The van der Waals surface area contributed by atoms with E-state index in [1.54, 1.807) is 65.5 Å². The zero-order chi connectivity index (χ0) is 46.9. The number of aliphatic hydroxyl groups excluding tert-OH is 2. The van der Waals surface area contributed by atoms with Gasteiger partial charge in [-0.25, -0.2) is 8.78 Å². The number of fused-ring (bicyclic) bond motifs is 2. The molecule has 0 bridgehead atoms. The van der Waals surface area contributed by atoms with Crippen molar-refractivity contribution in [2.24, 2.45) is 11.8 Å². The summed E-state index contributed by atoms with van der Waals surface area (Å²) in [6.45, 7) is 6.69. The normalized spacial score (nSPS) is 20.6. The fraction of sp³-hybridized carbons (Fsp3) is 0.583. The highest BCUT2D eigenvalue weighted by Gasteiger charge is 2.39. The number of halogens is 2. The van der Waals surface area contributed by atoms with Gasteiger partial charge >= 0.3 is 0 Å². The van der Waals surface area contributed by atoms with Crippen LogP contribution in [0.15, 0.2) is 48.8 Å². The molecule has 2 aliphatic rings. The van der Waals surface area contributed by atoms with Gasteiger partial charge in [0.1, 0.15) is 23.5 Å². The van der Waals surface area contributed by atoms with Crippen molar-refractivity contribution in [1.29, 1.82) is 0 Å². The second-order valence-electron chi connectivity index (χ2n) is 17.9. The van der Waals surface area contributed by atoms with Crippen LogP contribution in [0.25, 0.3) is 21.8 Å². The molecule has 0 radical (unpaired) electrons. The zero-order valence-corrected chi connectivity index (χ0v) is 38.5. The molecule has 17 heteroatoms. The number of carbonyl (C=O) groups excluding carboxylic acids is 4. The van der Waals surface area contributed by atoms with Crippen molar-refractivity contribution in [2.75, 3.05) is 59.4 Å². The van der Waals surface area contributed by atoms with Gasteiger partial charge in [0.05, 0.1) is 47.2 Å². The van der Waals surface area contributed by atoms with Gasteiger partial charge in [-0.3, -0.25) is 28.5 Å². The maximum atomic E-state index is 15.1. The van der Waals surface area contributed by atoms with Gasteiger partial charge in [-0.2, -0.15) is 0 Å². The number of methoxy groups -OCH3 is 2. The number of anilines is 1. The summed E-state index contributed by atoms with van der Waals surface area (Å²) in [5.74, 6) is -2.54. The average Bonchev–Trinajstić information content (AvgIpc) is 4.06. The van der Waals surface area contributed by atoms with E-state index in [9.17, 15) is 29.4 Å². The number of hydrogen-bond acceptors (Lipinski definition) is 10. The molecule has 15 nitrogen and oxygen atoms in total. The summed E-state index contributed by atoms with van der Waals surface area (Å²) in [4.78, 5) is 57.4. The van der Waals surface area contributed by atoms with E-state index < -0.39 is 47.9 Å². The minimum Gasteiger partial charge on any atom is -0.391 e. The first-order chi connectivity index (χ1) is 31.2. The molecule has 2 aromatic heterocycles. The van der Waals surface area contributed by atoms with Gasteiger partial charge in [0.2, 0.25) is 17.7 Å². The Morgan fingerprint density at radius 2 is 1.45 bits per heavy atom. The molecule has 4 heterocycles. The van der Waals surface area contributed by atoms with Crippen LogP contribution in [-0.2, 0) is 35.1 Å². The third-order valence-electron chi connectivity index (χ3n) is 13.3. The molecule has 4 aromatic rings. The van der Waals surface area contributed by atoms with Crippen LogP contribution in [0.5, 0.6) is 0 Å². The molecule has 0 spiro atoms.